The highest BCUT2D eigenvalue weighted by atomic mass is 127. The molecular weight excluding hydrogens is 363 g/mol. The Morgan fingerprint density at radius 2 is 2.00 bits per heavy atom. The van der Waals surface area contributed by atoms with Gasteiger partial charge in [-0.3, -0.25) is 0 Å². The van der Waals surface area contributed by atoms with Crippen LogP contribution in [0.25, 0.3) is 0 Å². The average molecular weight is 384 g/mol. The minimum Gasteiger partial charge on any atom is -0.370 e. The summed E-state index contributed by atoms with van der Waals surface area (Å²) in [6, 6.07) is 10.2. The highest BCUT2D eigenvalue weighted by Gasteiger charge is 1.99. The van der Waals surface area contributed by atoms with Crippen molar-refractivity contribution in [3.05, 3.63) is 53.3 Å². The molecule has 1 heterocycles. The van der Waals surface area contributed by atoms with Gasteiger partial charge in [0.15, 0.2) is 5.96 Å². The Bertz CT molecular complexity index is 602. The topological polar surface area (TPSA) is 55.3 Å². The van der Waals surface area contributed by atoms with E-state index in [-0.39, 0.29) is 24.0 Å². The highest BCUT2D eigenvalue weighted by molar-refractivity contribution is 14.0. The number of halogens is 1. The molecule has 0 saturated heterocycles. The lowest BCUT2D eigenvalue weighted by Gasteiger charge is -2.08. The average Bonchev–Trinajstić information content (AvgIpc) is 2.77. The van der Waals surface area contributed by atoms with E-state index in [0.29, 0.717) is 12.5 Å². The minimum atomic E-state index is 0. The number of guanidine groups is 1. The molecule has 0 aliphatic carbocycles. The van der Waals surface area contributed by atoms with Gasteiger partial charge in [0.25, 0.3) is 0 Å². The number of aryl methyl sites for hydroxylation is 3. The number of rotatable bonds is 3. The smallest absolute Gasteiger partial charge is 0.193 e. The van der Waals surface area contributed by atoms with Crippen LogP contribution in [0.2, 0.25) is 0 Å². The summed E-state index contributed by atoms with van der Waals surface area (Å²) in [7, 11) is 2.00. The molecule has 1 aromatic heterocycles. The summed E-state index contributed by atoms with van der Waals surface area (Å²) in [5.74, 6) is 0.435. The maximum absolute atomic E-state index is 5.89. The second-order valence-electron chi connectivity index (χ2n) is 4.74. The molecule has 0 atom stereocenters. The van der Waals surface area contributed by atoms with Crippen LogP contribution in [-0.2, 0) is 13.6 Å². The number of hydrogen-bond acceptors (Lipinski definition) is 1. The summed E-state index contributed by atoms with van der Waals surface area (Å²) in [4.78, 5) is 4.34. The first-order chi connectivity index (χ1) is 9.06. The minimum absolute atomic E-state index is 0. The van der Waals surface area contributed by atoms with Gasteiger partial charge in [-0.05, 0) is 49.2 Å². The standard InChI is InChI=1S/C15H20N4.HI/c1-11-6-7-13(9-12(11)2)18-15(16)17-10-14-5-4-8-19(14)3;/h4-9H,10H2,1-3H3,(H3,16,17,18);1H. The normalized spacial score (nSPS) is 11.1. The number of nitrogens with two attached hydrogens (primary N) is 1. The third-order valence-electron chi connectivity index (χ3n) is 3.24. The quantitative estimate of drug-likeness (QED) is 0.485. The maximum Gasteiger partial charge on any atom is 0.193 e. The first kappa shape index (κ1) is 16.6. The van der Waals surface area contributed by atoms with Crippen molar-refractivity contribution in [3.8, 4) is 0 Å². The van der Waals surface area contributed by atoms with Crippen LogP contribution in [0.4, 0.5) is 5.69 Å². The van der Waals surface area contributed by atoms with Crippen molar-refractivity contribution in [2.24, 2.45) is 17.8 Å². The molecule has 3 N–H and O–H groups in total. The molecule has 0 amide bonds. The summed E-state index contributed by atoms with van der Waals surface area (Å²) in [6.45, 7) is 4.75. The van der Waals surface area contributed by atoms with Crippen molar-refractivity contribution in [3.63, 3.8) is 0 Å². The van der Waals surface area contributed by atoms with Crippen molar-refractivity contribution in [2.45, 2.75) is 20.4 Å². The molecule has 0 radical (unpaired) electrons. The molecule has 0 bridgehead atoms. The Morgan fingerprint density at radius 1 is 1.25 bits per heavy atom. The Labute approximate surface area is 137 Å². The fourth-order valence-corrected chi connectivity index (χ4v) is 1.83. The monoisotopic (exact) mass is 384 g/mol. The van der Waals surface area contributed by atoms with Crippen molar-refractivity contribution in [1.29, 1.82) is 0 Å². The lowest BCUT2D eigenvalue weighted by molar-refractivity contribution is 0.824. The zero-order valence-electron chi connectivity index (χ0n) is 12.1. The molecule has 108 valence electrons. The molecule has 5 heteroatoms. The number of anilines is 1. The number of nitrogens with zero attached hydrogens (tertiary/aromatic N) is 2. The first-order valence-corrected chi connectivity index (χ1v) is 6.30. The molecule has 20 heavy (non-hydrogen) atoms. The number of hydrogen-bond donors (Lipinski definition) is 2. The van der Waals surface area contributed by atoms with E-state index in [1.165, 1.54) is 11.1 Å². The van der Waals surface area contributed by atoms with Gasteiger partial charge in [0, 0.05) is 24.6 Å². The van der Waals surface area contributed by atoms with Crippen molar-refractivity contribution < 1.29 is 0 Å². The molecule has 0 fully saturated rings. The number of aliphatic imine (C=N–C) groups is 1. The van der Waals surface area contributed by atoms with E-state index in [4.69, 9.17) is 5.73 Å². The van der Waals surface area contributed by atoms with Gasteiger partial charge in [-0.2, -0.15) is 0 Å². The molecule has 0 saturated carbocycles. The summed E-state index contributed by atoms with van der Waals surface area (Å²) in [5, 5.41) is 3.11. The predicted molar refractivity (Wildman–Crippen MR) is 95.7 cm³/mol. The van der Waals surface area contributed by atoms with E-state index in [0.717, 1.165) is 11.4 Å². The fourth-order valence-electron chi connectivity index (χ4n) is 1.83. The zero-order valence-corrected chi connectivity index (χ0v) is 14.4. The fraction of sp³-hybridized carbons (Fsp3) is 0.267. The van der Waals surface area contributed by atoms with E-state index >= 15 is 0 Å². The van der Waals surface area contributed by atoms with Crippen molar-refractivity contribution in [1.82, 2.24) is 4.57 Å². The molecule has 1 aromatic carbocycles. The first-order valence-electron chi connectivity index (χ1n) is 6.30. The number of nitrogens with one attached hydrogen (secondary N) is 1. The Morgan fingerprint density at radius 3 is 2.60 bits per heavy atom. The van der Waals surface area contributed by atoms with Crippen LogP contribution in [0.1, 0.15) is 16.8 Å². The molecule has 2 aromatic rings. The molecule has 2 rings (SSSR count). The van der Waals surface area contributed by atoms with Crippen molar-refractivity contribution in [2.75, 3.05) is 5.32 Å². The van der Waals surface area contributed by atoms with Crippen LogP contribution in [0, 0.1) is 13.8 Å². The van der Waals surface area contributed by atoms with Crippen LogP contribution in [-0.4, -0.2) is 10.5 Å². The van der Waals surface area contributed by atoms with Crippen LogP contribution >= 0.6 is 24.0 Å². The molecule has 0 aliphatic rings. The summed E-state index contributed by atoms with van der Waals surface area (Å²) in [6.07, 6.45) is 2.00. The Kier molecular flexibility index (Phi) is 6.06. The van der Waals surface area contributed by atoms with Gasteiger partial charge in [0.2, 0.25) is 0 Å². The van der Waals surface area contributed by atoms with Gasteiger partial charge in [-0.15, -0.1) is 24.0 Å². The lowest BCUT2D eigenvalue weighted by Crippen LogP contribution is -2.22. The van der Waals surface area contributed by atoms with Crippen LogP contribution < -0.4 is 11.1 Å². The third-order valence-corrected chi connectivity index (χ3v) is 3.24. The SMILES string of the molecule is Cc1ccc(NC(N)=NCc2cccn2C)cc1C.I. The van der Waals surface area contributed by atoms with Crippen LogP contribution in [0.5, 0.6) is 0 Å². The second kappa shape index (κ2) is 7.33. The van der Waals surface area contributed by atoms with Crippen molar-refractivity contribution >= 4 is 35.6 Å². The highest BCUT2D eigenvalue weighted by Crippen LogP contribution is 2.13. The Hall–Kier alpha value is -1.50. The van der Waals surface area contributed by atoms with Crippen LogP contribution in [0.3, 0.4) is 0 Å². The van der Waals surface area contributed by atoms with E-state index < -0.39 is 0 Å². The van der Waals surface area contributed by atoms with Gasteiger partial charge >= 0.3 is 0 Å². The summed E-state index contributed by atoms with van der Waals surface area (Å²) < 4.78 is 2.03. The third kappa shape index (κ3) is 4.26. The molecule has 0 spiro atoms. The van der Waals surface area contributed by atoms with E-state index in [1.54, 1.807) is 0 Å². The van der Waals surface area contributed by atoms with Crippen LogP contribution in [0.15, 0.2) is 41.5 Å². The van der Waals surface area contributed by atoms with Gasteiger partial charge < -0.3 is 15.6 Å². The van der Waals surface area contributed by atoms with E-state index in [9.17, 15) is 0 Å². The maximum atomic E-state index is 5.89. The van der Waals surface area contributed by atoms with Gasteiger partial charge in [0.05, 0.1) is 6.54 Å². The van der Waals surface area contributed by atoms with Gasteiger partial charge in [-0.25, -0.2) is 4.99 Å². The van der Waals surface area contributed by atoms with Gasteiger partial charge in [-0.1, -0.05) is 6.07 Å². The van der Waals surface area contributed by atoms with E-state index in [1.807, 2.05) is 36.0 Å². The second-order valence-corrected chi connectivity index (χ2v) is 4.74. The Balaban J connectivity index is 0.00000200. The molecule has 0 unspecified atom stereocenters. The summed E-state index contributed by atoms with van der Waals surface area (Å²) >= 11 is 0. The zero-order chi connectivity index (χ0) is 13.8. The molecular formula is C15H21IN4. The van der Waals surface area contributed by atoms with Gasteiger partial charge in [0.1, 0.15) is 0 Å². The lowest BCUT2D eigenvalue weighted by atomic mass is 10.1. The predicted octanol–water partition coefficient (Wildman–Crippen LogP) is 3.19. The van der Waals surface area contributed by atoms with E-state index in [2.05, 4.69) is 36.3 Å². The number of aromatic nitrogens is 1. The molecule has 4 nitrogen and oxygen atoms in total. The number of benzene rings is 1. The largest absolute Gasteiger partial charge is 0.370 e. The summed E-state index contributed by atoms with van der Waals surface area (Å²) in [5.41, 5.74) is 10.5. The molecule has 0 aliphatic heterocycles.